The lowest BCUT2D eigenvalue weighted by molar-refractivity contribution is -0.167. The fourth-order valence-electron chi connectivity index (χ4n) is 6.42. The van der Waals surface area contributed by atoms with E-state index in [1.807, 2.05) is 0 Å². The summed E-state index contributed by atoms with van der Waals surface area (Å²) in [6, 6.07) is 0. The molecule has 0 aliphatic carbocycles. The maximum Gasteiger partial charge on any atom is 0.306 e. The molecular weight excluding hydrogens is 721 g/mol. The van der Waals surface area contributed by atoms with Crippen LogP contribution in [-0.4, -0.2) is 37.2 Å². The molecule has 0 aromatic heterocycles. The maximum atomic E-state index is 12.7. The number of rotatable bonds is 42. The zero-order valence-electron chi connectivity index (χ0n) is 37.8. The van der Waals surface area contributed by atoms with Crippen LogP contribution in [0.25, 0.3) is 0 Å². The molecule has 0 aromatic rings. The molecule has 0 N–H and O–H groups in total. The van der Waals surface area contributed by atoms with Crippen molar-refractivity contribution in [1.82, 2.24) is 0 Å². The summed E-state index contributed by atoms with van der Waals surface area (Å²) in [5.74, 6) is -1.00. The van der Waals surface area contributed by atoms with E-state index in [0.717, 1.165) is 77.0 Å². The number of hydrogen-bond donors (Lipinski definition) is 0. The molecule has 58 heavy (non-hydrogen) atoms. The van der Waals surface area contributed by atoms with Crippen LogP contribution in [0.3, 0.4) is 0 Å². The highest BCUT2D eigenvalue weighted by Crippen LogP contribution is 2.15. The van der Waals surface area contributed by atoms with Crippen LogP contribution in [0, 0.1) is 0 Å². The van der Waals surface area contributed by atoms with E-state index in [1.54, 1.807) is 0 Å². The first-order valence-electron chi connectivity index (χ1n) is 23.9. The van der Waals surface area contributed by atoms with E-state index >= 15 is 0 Å². The molecule has 6 nitrogen and oxygen atoms in total. The fourth-order valence-corrected chi connectivity index (χ4v) is 6.42. The Morgan fingerprint density at radius 1 is 0.362 bits per heavy atom. The van der Waals surface area contributed by atoms with E-state index in [0.29, 0.717) is 19.3 Å². The molecule has 332 valence electrons. The first kappa shape index (κ1) is 54.9. The Bertz CT molecular complexity index is 1110. The highest BCUT2D eigenvalue weighted by Gasteiger charge is 2.19. The molecule has 0 heterocycles. The highest BCUT2D eigenvalue weighted by molar-refractivity contribution is 5.71. The Hall–Kier alpha value is -3.15. The van der Waals surface area contributed by atoms with E-state index < -0.39 is 6.10 Å². The van der Waals surface area contributed by atoms with Crippen LogP contribution in [0.4, 0.5) is 0 Å². The minimum atomic E-state index is -0.811. The van der Waals surface area contributed by atoms with Crippen molar-refractivity contribution in [2.45, 2.75) is 226 Å². The van der Waals surface area contributed by atoms with Crippen molar-refractivity contribution in [3.63, 3.8) is 0 Å². The van der Waals surface area contributed by atoms with Crippen molar-refractivity contribution in [1.29, 1.82) is 0 Å². The van der Waals surface area contributed by atoms with Gasteiger partial charge in [0.1, 0.15) is 13.2 Å². The van der Waals surface area contributed by atoms with Gasteiger partial charge in [-0.2, -0.15) is 0 Å². The average molecular weight is 809 g/mol. The molecule has 1 atom stereocenters. The van der Waals surface area contributed by atoms with E-state index in [1.165, 1.54) is 89.9 Å². The number of allylic oxidation sites excluding steroid dienone is 12. The molecule has 0 rings (SSSR count). The number of esters is 3. The predicted molar refractivity (Wildman–Crippen MR) is 247 cm³/mol. The smallest absolute Gasteiger partial charge is 0.306 e. The number of ether oxygens (including phenoxy) is 3. The van der Waals surface area contributed by atoms with Gasteiger partial charge in [0.05, 0.1) is 0 Å². The fraction of sp³-hybridized carbons (Fsp3) is 0.712. The largest absolute Gasteiger partial charge is 0.462 e. The normalized spacial score (nSPS) is 12.7. The Labute approximate surface area is 357 Å². The first-order chi connectivity index (χ1) is 28.5. The summed E-state index contributed by atoms with van der Waals surface area (Å²) in [4.78, 5) is 37.8. The monoisotopic (exact) mass is 809 g/mol. The predicted octanol–water partition coefficient (Wildman–Crippen LogP) is 15.5. The van der Waals surface area contributed by atoms with Gasteiger partial charge in [0.15, 0.2) is 6.10 Å². The van der Waals surface area contributed by atoms with E-state index in [2.05, 4.69) is 93.7 Å². The molecule has 6 heteroatoms. The van der Waals surface area contributed by atoms with Gasteiger partial charge >= 0.3 is 17.9 Å². The van der Waals surface area contributed by atoms with Crippen LogP contribution in [-0.2, 0) is 28.6 Å². The molecule has 1 unspecified atom stereocenters. The summed E-state index contributed by atoms with van der Waals surface area (Å²) in [6.07, 6.45) is 57.6. The van der Waals surface area contributed by atoms with E-state index in [4.69, 9.17) is 14.2 Å². The molecule has 0 amide bonds. The van der Waals surface area contributed by atoms with Gasteiger partial charge in [-0.05, 0) is 77.0 Å². The topological polar surface area (TPSA) is 78.9 Å². The first-order valence-corrected chi connectivity index (χ1v) is 23.9. The third kappa shape index (κ3) is 44.0. The quantitative estimate of drug-likeness (QED) is 0.0264. The Morgan fingerprint density at radius 3 is 1.12 bits per heavy atom. The van der Waals surface area contributed by atoms with Gasteiger partial charge < -0.3 is 14.2 Å². The summed E-state index contributed by atoms with van der Waals surface area (Å²) in [7, 11) is 0. The van der Waals surface area contributed by atoms with Crippen LogP contribution >= 0.6 is 0 Å². The standard InChI is InChI=1S/C52H88O6/c1-4-7-10-13-16-19-22-24-25-26-27-28-31-33-36-39-42-45-51(54)57-48-49(47-56-50(53)44-41-38-35-32-29-21-18-15-12-9-6-3)58-52(55)46-43-40-37-34-30-23-20-17-14-11-8-5-2/h8-9,11-12,17-18,20-21,30,32,34-35,49H,4-7,10,13-16,19,22-29,31,33,36-48H2,1-3H3/b11-8-,12-9-,20-17-,21-18-,34-30-,35-32-. The molecule has 0 radical (unpaired) electrons. The van der Waals surface area contributed by atoms with Crippen molar-refractivity contribution in [2.75, 3.05) is 13.2 Å². The number of carbonyl (C=O) groups is 3. The summed E-state index contributed by atoms with van der Waals surface area (Å²) < 4.78 is 16.6. The molecule has 0 spiro atoms. The molecule has 0 fully saturated rings. The van der Waals surface area contributed by atoms with Crippen LogP contribution in [0.5, 0.6) is 0 Å². The lowest BCUT2D eigenvalue weighted by Crippen LogP contribution is -2.30. The van der Waals surface area contributed by atoms with Crippen molar-refractivity contribution in [2.24, 2.45) is 0 Å². The highest BCUT2D eigenvalue weighted by atomic mass is 16.6. The molecule has 0 aliphatic heterocycles. The molecular formula is C52H88O6. The van der Waals surface area contributed by atoms with Gasteiger partial charge in [0.2, 0.25) is 0 Å². The third-order valence-electron chi connectivity index (χ3n) is 9.96. The van der Waals surface area contributed by atoms with Gasteiger partial charge in [0, 0.05) is 19.3 Å². The lowest BCUT2D eigenvalue weighted by atomic mass is 10.0. The molecule has 0 saturated heterocycles. The minimum Gasteiger partial charge on any atom is -0.462 e. The van der Waals surface area contributed by atoms with Gasteiger partial charge in [-0.1, -0.05) is 196 Å². The van der Waals surface area contributed by atoms with Crippen LogP contribution in [0.15, 0.2) is 72.9 Å². The van der Waals surface area contributed by atoms with E-state index in [9.17, 15) is 14.4 Å². The van der Waals surface area contributed by atoms with Crippen molar-refractivity contribution < 1.29 is 28.6 Å². The molecule has 0 bridgehead atoms. The maximum absolute atomic E-state index is 12.7. The Balaban J connectivity index is 4.41. The Morgan fingerprint density at radius 2 is 0.690 bits per heavy atom. The number of carbonyl (C=O) groups excluding carboxylic acids is 3. The van der Waals surface area contributed by atoms with Gasteiger partial charge in [0.25, 0.3) is 0 Å². The average Bonchev–Trinajstić information content (AvgIpc) is 3.22. The van der Waals surface area contributed by atoms with Gasteiger partial charge in [-0.3, -0.25) is 14.4 Å². The summed E-state index contributed by atoms with van der Waals surface area (Å²) in [5.41, 5.74) is 0. The zero-order valence-corrected chi connectivity index (χ0v) is 37.8. The lowest BCUT2D eigenvalue weighted by Gasteiger charge is -2.18. The molecule has 0 saturated carbocycles. The molecule has 0 aliphatic rings. The Kier molecular flexibility index (Phi) is 44.0. The SMILES string of the molecule is CC/C=C\C/C=C\C/C=C\CCCCC(=O)OC(COC(=O)CCC/C=C\C/C=C\C/C=C\CC)COC(=O)CCCCCCCCCCCCCCCCCCC. The number of hydrogen-bond acceptors (Lipinski definition) is 6. The van der Waals surface area contributed by atoms with Gasteiger partial charge in [-0.25, -0.2) is 0 Å². The van der Waals surface area contributed by atoms with Crippen molar-refractivity contribution in [3.8, 4) is 0 Å². The molecule has 0 aromatic carbocycles. The van der Waals surface area contributed by atoms with Crippen LogP contribution in [0.2, 0.25) is 0 Å². The summed E-state index contributed by atoms with van der Waals surface area (Å²) in [6.45, 7) is 6.32. The van der Waals surface area contributed by atoms with Crippen molar-refractivity contribution in [3.05, 3.63) is 72.9 Å². The van der Waals surface area contributed by atoms with Gasteiger partial charge in [-0.15, -0.1) is 0 Å². The van der Waals surface area contributed by atoms with Crippen molar-refractivity contribution >= 4 is 17.9 Å². The second-order valence-corrected chi connectivity index (χ2v) is 15.6. The zero-order chi connectivity index (χ0) is 42.3. The summed E-state index contributed by atoms with van der Waals surface area (Å²) >= 11 is 0. The second-order valence-electron chi connectivity index (χ2n) is 15.6. The number of unbranched alkanes of at least 4 members (excludes halogenated alkanes) is 19. The third-order valence-corrected chi connectivity index (χ3v) is 9.96. The second kappa shape index (κ2) is 46.5. The van der Waals surface area contributed by atoms with Crippen LogP contribution < -0.4 is 0 Å². The van der Waals surface area contributed by atoms with E-state index in [-0.39, 0.29) is 44.0 Å². The minimum absolute atomic E-state index is 0.105. The van der Waals surface area contributed by atoms with Crippen LogP contribution in [0.1, 0.15) is 220 Å². The summed E-state index contributed by atoms with van der Waals surface area (Å²) in [5, 5.41) is 0.